The molecule has 0 fully saturated rings. The zero-order valence-corrected chi connectivity index (χ0v) is 11.9. The largest absolute Gasteiger partial charge is 0.399 e. The van der Waals surface area contributed by atoms with Crippen LogP contribution in [0.4, 0.5) is 5.69 Å². The van der Waals surface area contributed by atoms with Crippen molar-refractivity contribution in [3.05, 3.63) is 39.0 Å². The van der Waals surface area contributed by atoms with Crippen molar-refractivity contribution in [2.24, 2.45) is 0 Å². The van der Waals surface area contributed by atoms with Gasteiger partial charge in [0.1, 0.15) is 0 Å². The summed E-state index contributed by atoms with van der Waals surface area (Å²) in [4.78, 5) is 24.9. The van der Waals surface area contributed by atoms with Crippen molar-refractivity contribution in [2.75, 3.05) is 19.5 Å². The fraction of sp³-hybridized carbons (Fsp3) is 0.429. The molecule has 0 atom stereocenters. The molecule has 0 unspecified atom stereocenters. The van der Waals surface area contributed by atoms with Gasteiger partial charge in [-0.2, -0.15) is 0 Å². The van der Waals surface area contributed by atoms with Crippen molar-refractivity contribution >= 4 is 16.6 Å². The number of hydrogen-bond acceptors (Lipinski definition) is 4. The number of nitrogens with two attached hydrogens (primary N) is 1. The van der Waals surface area contributed by atoms with Crippen LogP contribution in [-0.2, 0) is 11.3 Å². The smallest absolute Gasteiger partial charge is 0.331 e. The molecule has 6 heteroatoms. The van der Waals surface area contributed by atoms with Crippen molar-refractivity contribution in [1.29, 1.82) is 0 Å². The number of hydrogen-bond donors (Lipinski definition) is 1. The quantitative estimate of drug-likeness (QED) is 0.845. The van der Waals surface area contributed by atoms with Crippen molar-refractivity contribution in [2.45, 2.75) is 26.4 Å². The summed E-state index contributed by atoms with van der Waals surface area (Å²) < 4.78 is 7.76. The third-order valence-electron chi connectivity index (χ3n) is 3.23. The molecule has 2 N–H and O–H groups in total. The Bertz CT molecular complexity index is 744. The van der Waals surface area contributed by atoms with Gasteiger partial charge in [0.15, 0.2) is 0 Å². The average Bonchev–Trinajstić information content (AvgIpc) is 2.39. The molecule has 108 valence electrons. The average molecular weight is 277 g/mol. The minimum atomic E-state index is -0.328. The Morgan fingerprint density at radius 1 is 1.30 bits per heavy atom. The lowest BCUT2D eigenvalue weighted by molar-refractivity contribution is 0.184. The number of benzene rings is 1. The molecule has 1 aromatic carbocycles. The number of nitrogen functional groups attached to an aromatic ring is 1. The first-order chi connectivity index (χ1) is 9.47. The Kier molecular flexibility index (Phi) is 3.94. The van der Waals surface area contributed by atoms with E-state index in [4.69, 9.17) is 10.5 Å². The van der Waals surface area contributed by atoms with Crippen LogP contribution in [0.3, 0.4) is 0 Å². The standard InChI is InChI=1S/C14H19N3O3/c1-9(2)17-12-5-4-10(15)8-11(12)13(18)16(14(17)19)6-7-20-3/h4-5,8-9H,6-7,15H2,1-3H3. The number of fused-ring (bicyclic) bond motifs is 1. The lowest BCUT2D eigenvalue weighted by Crippen LogP contribution is -2.41. The van der Waals surface area contributed by atoms with E-state index in [1.165, 1.54) is 11.7 Å². The zero-order chi connectivity index (χ0) is 14.9. The third-order valence-corrected chi connectivity index (χ3v) is 3.23. The topological polar surface area (TPSA) is 79.2 Å². The molecule has 0 aliphatic heterocycles. The summed E-state index contributed by atoms with van der Waals surface area (Å²) in [6.07, 6.45) is 0. The van der Waals surface area contributed by atoms with E-state index in [9.17, 15) is 9.59 Å². The van der Waals surface area contributed by atoms with Gasteiger partial charge in [-0.3, -0.25) is 13.9 Å². The van der Waals surface area contributed by atoms with Crippen LogP contribution in [-0.4, -0.2) is 22.9 Å². The predicted molar refractivity (Wildman–Crippen MR) is 79.1 cm³/mol. The van der Waals surface area contributed by atoms with Gasteiger partial charge in [-0.1, -0.05) is 0 Å². The normalized spacial score (nSPS) is 11.4. The molecule has 0 radical (unpaired) electrons. The Labute approximate surface area is 116 Å². The number of ether oxygens (including phenoxy) is 1. The highest BCUT2D eigenvalue weighted by atomic mass is 16.5. The fourth-order valence-electron chi connectivity index (χ4n) is 2.28. The van der Waals surface area contributed by atoms with E-state index in [-0.39, 0.29) is 23.8 Å². The number of nitrogens with zero attached hydrogens (tertiary/aromatic N) is 2. The van der Waals surface area contributed by atoms with E-state index in [1.54, 1.807) is 22.8 Å². The van der Waals surface area contributed by atoms with Crippen LogP contribution in [0.25, 0.3) is 10.9 Å². The second kappa shape index (κ2) is 5.50. The maximum atomic E-state index is 12.5. The molecule has 0 saturated heterocycles. The molecule has 0 spiro atoms. The maximum Gasteiger partial charge on any atom is 0.331 e. The van der Waals surface area contributed by atoms with Crippen LogP contribution >= 0.6 is 0 Å². The van der Waals surface area contributed by atoms with Crippen LogP contribution in [0.15, 0.2) is 27.8 Å². The van der Waals surface area contributed by atoms with Crippen LogP contribution in [0.2, 0.25) is 0 Å². The molecular weight excluding hydrogens is 258 g/mol. The third kappa shape index (κ3) is 2.34. The SMILES string of the molecule is COCCn1c(=O)c2cc(N)ccc2n(C(C)C)c1=O. The van der Waals surface area contributed by atoms with Gasteiger partial charge in [0.2, 0.25) is 0 Å². The zero-order valence-electron chi connectivity index (χ0n) is 11.9. The summed E-state index contributed by atoms with van der Waals surface area (Å²) in [5, 5.41) is 0.453. The molecule has 20 heavy (non-hydrogen) atoms. The minimum absolute atomic E-state index is 0.0528. The Hall–Kier alpha value is -2.08. The van der Waals surface area contributed by atoms with Gasteiger partial charge in [-0.05, 0) is 32.0 Å². The lowest BCUT2D eigenvalue weighted by Gasteiger charge is -2.16. The van der Waals surface area contributed by atoms with E-state index in [0.717, 1.165) is 0 Å². The molecule has 1 aromatic heterocycles. The maximum absolute atomic E-state index is 12.5. The number of aromatic nitrogens is 2. The summed E-state index contributed by atoms with van der Waals surface area (Å²) in [7, 11) is 1.53. The second-order valence-corrected chi connectivity index (χ2v) is 4.97. The molecule has 0 aliphatic rings. The Morgan fingerprint density at radius 3 is 2.60 bits per heavy atom. The van der Waals surface area contributed by atoms with Crippen molar-refractivity contribution in [3.63, 3.8) is 0 Å². The van der Waals surface area contributed by atoms with Crippen molar-refractivity contribution in [3.8, 4) is 0 Å². The highest BCUT2D eigenvalue weighted by Gasteiger charge is 2.14. The summed E-state index contributed by atoms with van der Waals surface area (Å²) in [5.74, 6) is 0. The van der Waals surface area contributed by atoms with Gasteiger partial charge in [-0.25, -0.2) is 4.79 Å². The number of anilines is 1. The van der Waals surface area contributed by atoms with Gasteiger partial charge in [0.25, 0.3) is 5.56 Å². The van der Waals surface area contributed by atoms with E-state index < -0.39 is 0 Å². The molecule has 6 nitrogen and oxygen atoms in total. The van der Waals surface area contributed by atoms with Crippen LogP contribution < -0.4 is 17.0 Å². The van der Waals surface area contributed by atoms with Crippen LogP contribution in [0.1, 0.15) is 19.9 Å². The van der Waals surface area contributed by atoms with E-state index in [0.29, 0.717) is 23.2 Å². The first kappa shape index (κ1) is 14.3. The number of methoxy groups -OCH3 is 1. The van der Waals surface area contributed by atoms with Crippen molar-refractivity contribution in [1.82, 2.24) is 9.13 Å². The van der Waals surface area contributed by atoms with Gasteiger partial charge in [0, 0.05) is 18.8 Å². The second-order valence-electron chi connectivity index (χ2n) is 4.97. The molecule has 0 saturated carbocycles. The summed E-state index contributed by atoms with van der Waals surface area (Å²) in [6.45, 7) is 4.34. The summed E-state index contributed by atoms with van der Waals surface area (Å²) in [5.41, 5.74) is 6.21. The lowest BCUT2D eigenvalue weighted by atomic mass is 10.2. The first-order valence-corrected chi connectivity index (χ1v) is 6.51. The van der Waals surface area contributed by atoms with Gasteiger partial charge in [0.05, 0.1) is 24.1 Å². The highest BCUT2D eigenvalue weighted by Crippen LogP contribution is 2.15. The first-order valence-electron chi connectivity index (χ1n) is 6.51. The fourth-order valence-corrected chi connectivity index (χ4v) is 2.28. The minimum Gasteiger partial charge on any atom is -0.399 e. The molecule has 0 bridgehead atoms. The molecule has 0 amide bonds. The Morgan fingerprint density at radius 2 is 2.00 bits per heavy atom. The Balaban J connectivity index is 2.87. The molecule has 1 heterocycles. The van der Waals surface area contributed by atoms with E-state index >= 15 is 0 Å². The predicted octanol–water partition coefficient (Wildman–Crippen LogP) is 0.973. The highest BCUT2D eigenvalue weighted by molar-refractivity contribution is 5.81. The monoisotopic (exact) mass is 277 g/mol. The van der Waals surface area contributed by atoms with Crippen molar-refractivity contribution < 1.29 is 4.74 Å². The van der Waals surface area contributed by atoms with Gasteiger partial charge < -0.3 is 10.5 Å². The molecule has 0 aliphatic carbocycles. The molecular formula is C14H19N3O3. The van der Waals surface area contributed by atoms with E-state index in [2.05, 4.69) is 0 Å². The van der Waals surface area contributed by atoms with Gasteiger partial charge >= 0.3 is 5.69 Å². The van der Waals surface area contributed by atoms with Gasteiger partial charge in [-0.15, -0.1) is 0 Å². The number of rotatable bonds is 4. The molecule has 2 rings (SSSR count). The van der Waals surface area contributed by atoms with Crippen LogP contribution in [0, 0.1) is 0 Å². The summed E-state index contributed by atoms with van der Waals surface area (Å²) >= 11 is 0. The summed E-state index contributed by atoms with van der Waals surface area (Å²) in [6, 6.07) is 4.97. The van der Waals surface area contributed by atoms with Crippen LogP contribution in [0.5, 0.6) is 0 Å². The molecule has 2 aromatic rings. The van der Waals surface area contributed by atoms with E-state index in [1.807, 2.05) is 13.8 Å².